The summed E-state index contributed by atoms with van der Waals surface area (Å²) in [4.78, 5) is 0. The molecule has 0 saturated carbocycles. The lowest BCUT2D eigenvalue weighted by Crippen LogP contribution is -2.50. The molecule has 6 heteroatoms. The maximum absolute atomic E-state index is 12.6. The normalized spacial score (nSPS) is 24.3. The maximum Gasteiger partial charge on any atom is 0.281 e. The lowest BCUT2D eigenvalue weighted by atomic mass is 9.97. The van der Waals surface area contributed by atoms with E-state index >= 15 is 0 Å². The molecule has 1 N–H and O–H groups in total. The highest BCUT2D eigenvalue weighted by Gasteiger charge is 2.33. The van der Waals surface area contributed by atoms with Crippen LogP contribution in [0.5, 0.6) is 0 Å². The lowest BCUT2D eigenvalue weighted by Gasteiger charge is -2.37. The lowest BCUT2D eigenvalue weighted by molar-refractivity contribution is 0.232. The predicted molar refractivity (Wildman–Crippen MR) is 86.4 cm³/mol. The number of rotatable bonds is 4. The molecule has 0 spiro atoms. The van der Waals surface area contributed by atoms with Gasteiger partial charge >= 0.3 is 0 Å². The molecular formula is C15H31N3O2S. The van der Waals surface area contributed by atoms with Gasteiger partial charge in [0.1, 0.15) is 0 Å². The molecule has 0 radical (unpaired) electrons. The highest BCUT2D eigenvalue weighted by atomic mass is 32.2. The van der Waals surface area contributed by atoms with E-state index in [4.69, 9.17) is 0 Å². The van der Waals surface area contributed by atoms with E-state index in [9.17, 15) is 8.42 Å². The highest BCUT2D eigenvalue weighted by Crippen LogP contribution is 2.23. The minimum absolute atomic E-state index is 0.136. The Hall–Kier alpha value is -0.170. The molecule has 0 atom stereocenters. The Bertz CT molecular complexity index is 417. The Kier molecular flexibility index (Phi) is 5.68. The van der Waals surface area contributed by atoms with E-state index in [1.54, 1.807) is 8.61 Å². The summed E-state index contributed by atoms with van der Waals surface area (Å²) in [7, 11) is -3.21. The third kappa shape index (κ3) is 4.91. The molecule has 2 heterocycles. The molecule has 2 fully saturated rings. The van der Waals surface area contributed by atoms with Crippen molar-refractivity contribution in [1.82, 2.24) is 13.9 Å². The first kappa shape index (κ1) is 17.2. The van der Waals surface area contributed by atoms with Gasteiger partial charge < -0.3 is 5.32 Å². The minimum atomic E-state index is -3.21. The van der Waals surface area contributed by atoms with Gasteiger partial charge in [-0.25, -0.2) is 0 Å². The monoisotopic (exact) mass is 317 g/mol. The fraction of sp³-hybridized carbons (Fsp3) is 1.00. The van der Waals surface area contributed by atoms with Gasteiger partial charge in [-0.1, -0.05) is 6.42 Å². The van der Waals surface area contributed by atoms with Crippen LogP contribution in [0.4, 0.5) is 0 Å². The van der Waals surface area contributed by atoms with Crippen LogP contribution < -0.4 is 5.32 Å². The molecule has 0 amide bonds. The fourth-order valence-electron chi connectivity index (χ4n) is 3.05. The van der Waals surface area contributed by atoms with E-state index in [0.717, 1.165) is 38.6 Å². The van der Waals surface area contributed by atoms with Crippen molar-refractivity contribution < 1.29 is 8.42 Å². The van der Waals surface area contributed by atoms with Crippen molar-refractivity contribution in [1.29, 1.82) is 0 Å². The highest BCUT2D eigenvalue weighted by molar-refractivity contribution is 7.86. The van der Waals surface area contributed by atoms with Gasteiger partial charge in [-0.3, -0.25) is 0 Å². The Morgan fingerprint density at radius 3 is 2.00 bits per heavy atom. The quantitative estimate of drug-likeness (QED) is 0.860. The first-order valence-corrected chi connectivity index (χ1v) is 9.69. The van der Waals surface area contributed by atoms with Gasteiger partial charge in [0.15, 0.2) is 0 Å². The van der Waals surface area contributed by atoms with Gasteiger partial charge in [0.25, 0.3) is 10.2 Å². The number of hydrogen-bond donors (Lipinski definition) is 1. The molecule has 0 aliphatic carbocycles. The first-order chi connectivity index (χ1) is 9.79. The molecule has 0 bridgehead atoms. The standard InChI is InChI=1S/C15H31N3O2S/c1-15(2,3)16-13-14-7-11-18(12-8-14)21(19,20)17-9-5-4-6-10-17/h14,16H,4-13H2,1-3H3. The van der Waals surface area contributed by atoms with Crippen molar-refractivity contribution in [3.63, 3.8) is 0 Å². The molecule has 0 aromatic rings. The molecule has 2 aliphatic heterocycles. The summed E-state index contributed by atoms with van der Waals surface area (Å²) < 4.78 is 28.6. The van der Waals surface area contributed by atoms with Gasteiger partial charge in [0.05, 0.1) is 0 Å². The average Bonchev–Trinajstić information content (AvgIpc) is 2.46. The van der Waals surface area contributed by atoms with Crippen molar-refractivity contribution in [3.8, 4) is 0 Å². The molecular weight excluding hydrogens is 286 g/mol. The van der Waals surface area contributed by atoms with Crippen LogP contribution in [0, 0.1) is 5.92 Å². The minimum Gasteiger partial charge on any atom is -0.312 e. The van der Waals surface area contributed by atoms with E-state index in [-0.39, 0.29) is 5.54 Å². The smallest absolute Gasteiger partial charge is 0.281 e. The van der Waals surface area contributed by atoms with E-state index in [0.29, 0.717) is 32.1 Å². The van der Waals surface area contributed by atoms with Crippen LogP contribution in [0.15, 0.2) is 0 Å². The number of nitrogens with one attached hydrogen (secondary N) is 1. The van der Waals surface area contributed by atoms with Crippen LogP contribution in [0.2, 0.25) is 0 Å². The summed E-state index contributed by atoms with van der Waals surface area (Å²) in [6.07, 6.45) is 5.11. The molecule has 0 aromatic carbocycles. The first-order valence-electron chi connectivity index (χ1n) is 8.29. The summed E-state index contributed by atoms with van der Waals surface area (Å²) in [5, 5.41) is 3.53. The molecule has 2 rings (SSSR count). The van der Waals surface area contributed by atoms with Crippen LogP contribution in [0.3, 0.4) is 0 Å². The molecule has 0 unspecified atom stereocenters. The zero-order chi connectivity index (χ0) is 15.5. The van der Waals surface area contributed by atoms with Gasteiger partial charge in [-0.05, 0) is 58.9 Å². The zero-order valence-electron chi connectivity index (χ0n) is 13.8. The molecule has 124 valence electrons. The third-order valence-corrected chi connectivity index (χ3v) is 6.50. The van der Waals surface area contributed by atoms with E-state index in [1.165, 1.54) is 0 Å². The second-order valence-corrected chi connectivity index (χ2v) is 9.37. The van der Waals surface area contributed by atoms with Crippen molar-refractivity contribution in [3.05, 3.63) is 0 Å². The molecule has 2 saturated heterocycles. The fourth-order valence-corrected chi connectivity index (χ4v) is 4.77. The predicted octanol–water partition coefficient (Wildman–Crippen LogP) is 1.82. The van der Waals surface area contributed by atoms with Crippen molar-refractivity contribution in [2.75, 3.05) is 32.7 Å². The van der Waals surface area contributed by atoms with Gasteiger partial charge in [0.2, 0.25) is 0 Å². The molecule has 5 nitrogen and oxygen atoms in total. The second kappa shape index (κ2) is 6.94. The Morgan fingerprint density at radius 2 is 1.48 bits per heavy atom. The Balaban J connectivity index is 1.82. The summed E-state index contributed by atoms with van der Waals surface area (Å²) in [5.41, 5.74) is 0.136. The SMILES string of the molecule is CC(C)(C)NCC1CCN(S(=O)(=O)N2CCCCC2)CC1. The van der Waals surface area contributed by atoms with Gasteiger partial charge in [-0.2, -0.15) is 17.0 Å². The van der Waals surface area contributed by atoms with E-state index in [1.807, 2.05) is 0 Å². The Morgan fingerprint density at radius 1 is 0.952 bits per heavy atom. The summed E-state index contributed by atoms with van der Waals surface area (Å²) in [6.45, 7) is 10.3. The molecule has 2 aliphatic rings. The summed E-state index contributed by atoms with van der Waals surface area (Å²) >= 11 is 0. The average molecular weight is 317 g/mol. The van der Waals surface area contributed by atoms with Crippen LogP contribution in [0.25, 0.3) is 0 Å². The topological polar surface area (TPSA) is 52.7 Å². The number of nitrogens with zero attached hydrogens (tertiary/aromatic N) is 2. The second-order valence-electron chi connectivity index (χ2n) is 7.44. The zero-order valence-corrected chi connectivity index (χ0v) is 14.6. The summed E-state index contributed by atoms with van der Waals surface area (Å²) in [5.74, 6) is 0.594. The largest absolute Gasteiger partial charge is 0.312 e. The van der Waals surface area contributed by atoms with Crippen LogP contribution in [0.1, 0.15) is 52.9 Å². The van der Waals surface area contributed by atoms with Crippen LogP contribution in [-0.2, 0) is 10.2 Å². The van der Waals surface area contributed by atoms with Gasteiger partial charge in [-0.15, -0.1) is 0 Å². The Labute approximate surface area is 130 Å². The van der Waals surface area contributed by atoms with Crippen molar-refractivity contribution >= 4 is 10.2 Å². The van der Waals surface area contributed by atoms with Crippen molar-refractivity contribution in [2.24, 2.45) is 5.92 Å². The van der Waals surface area contributed by atoms with Crippen LogP contribution in [-0.4, -0.2) is 55.3 Å². The summed E-state index contributed by atoms with van der Waals surface area (Å²) in [6, 6.07) is 0. The number of hydrogen-bond acceptors (Lipinski definition) is 3. The van der Waals surface area contributed by atoms with Crippen molar-refractivity contribution in [2.45, 2.75) is 58.4 Å². The van der Waals surface area contributed by atoms with Gasteiger partial charge in [0, 0.05) is 31.7 Å². The van der Waals surface area contributed by atoms with E-state index in [2.05, 4.69) is 26.1 Å². The molecule has 21 heavy (non-hydrogen) atoms. The maximum atomic E-state index is 12.6. The van der Waals surface area contributed by atoms with E-state index < -0.39 is 10.2 Å². The number of piperidine rings is 2. The van der Waals surface area contributed by atoms with Crippen LogP contribution >= 0.6 is 0 Å². The molecule has 0 aromatic heterocycles. The third-order valence-electron chi connectivity index (χ3n) is 4.46.